The molecule has 6 nitrogen and oxygen atoms in total. The molecule has 4 heterocycles. The van der Waals surface area contributed by atoms with E-state index in [2.05, 4.69) is 15.1 Å². The van der Waals surface area contributed by atoms with E-state index < -0.39 is 6.29 Å². The maximum atomic E-state index is 6.13. The lowest BCUT2D eigenvalue weighted by atomic mass is 10.1. The average Bonchev–Trinajstić information content (AvgIpc) is 2.78. The molecular formula is C12H10Cl2N4O2. The van der Waals surface area contributed by atoms with Gasteiger partial charge in [0.2, 0.25) is 11.6 Å². The third kappa shape index (κ3) is 1.83. The first-order valence-corrected chi connectivity index (χ1v) is 6.98. The van der Waals surface area contributed by atoms with Crippen LogP contribution in [0.15, 0.2) is 6.07 Å². The monoisotopic (exact) mass is 312 g/mol. The third-order valence-corrected chi connectivity index (χ3v) is 3.90. The van der Waals surface area contributed by atoms with Gasteiger partial charge in [0, 0.05) is 12.1 Å². The van der Waals surface area contributed by atoms with Crippen molar-refractivity contribution >= 4 is 23.2 Å². The Bertz CT molecular complexity index is 697. The lowest BCUT2D eigenvalue weighted by molar-refractivity contribution is -0.384. The quantitative estimate of drug-likeness (QED) is 0.598. The Morgan fingerprint density at radius 3 is 2.85 bits per heavy atom. The first kappa shape index (κ1) is 12.5. The Morgan fingerprint density at radius 1 is 1.30 bits per heavy atom. The standard InChI is InChI=1S/C12H10Cl2N4O2/c1-5-19-11(20-5)7-4-8-9-6(2-3-18(8)17-7)10(13)16-12(14)15-9/h4-5,11H,2-3H2,1H3. The second-order valence-electron chi connectivity index (χ2n) is 4.71. The van der Waals surface area contributed by atoms with Crippen LogP contribution in [-0.2, 0) is 22.4 Å². The second kappa shape index (κ2) is 4.39. The Labute approximate surface area is 124 Å². The Kier molecular flexibility index (Phi) is 2.75. The van der Waals surface area contributed by atoms with Crippen LogP contribution >= 0.6 is 23.2 Å². The topological polar surface area (TPSA) is 62.1 Å². The molecule has 0 aliphatic carbocycles. The van der Waals surface area contributed by atoms with E-state index >= 15 is 0 Å². The van der Waals surface area contributed by atoms with Gasteiger partial charge < -0.3 is 9.47 Å². The molecule has 0 atom stereocenters. The van der Waals surface area contributed by atoms with Crippen molar-refractivity contribution in [2.45, 2.75) is 32.5 Å². The maximum absolute atomic E-state index is 6.13. The highest BCUT2D eigenvalue weighted by atomic mass is 35.5. The van der Waals surface area contributed by atoms with Crippen molar-refractivity contribution < 1.29 is 9.47 Å². The highest BCUT2D eigenvalue weighted by Crippen LogP contribution is 2.36. The second-order valence-corrected chi connectivity index (χ2v) is 5.41. The van der Waals surface area contributed by atoms with Crippen LogP contribution in [0, 0.1) is 0 Å². The van der Waals surface area contributed by atoms with Crippen molar-refractivity contribution in [3.8, 4) is 11.4 Å². The molecule has 4 rings (SSSR count). The molecule has 0 bridgehead atoms. The molecule has 0 unspecified atom stereocenters. The summed E-state index contributed by atoms with van der Waals surface area (Å²) < 4.78 is 12.8. The van der Waals surface area contributed by atoms with Gasteiger partial charge in [-0.1, -0.05) is 11.6 Å². The molecule has 2 aliphatic heterocycles. The molecule has 0 spiro atoms. The normalized spacial score (nSPS) is 23.9. The van der Waals surface area contributed by atoms with E-state index in [0.29, 0.717) is 5.15 Å². The summed E-state index contributed by atoms with van der Waals surface area (Å²) in [6, 6.07) is 1.90. The Hall–Kier alpha value is -1.21. The van der Waals surface area contributed by atoms with Crippen LogP contribution in [0.1, 0.15) is 24.5 Å². The van der Waals surface area contributed by atoms with Gasteiger partial charge in [-0.3, -0.25) is 4.68 Å². The van der Waals surface area contributed by atoms with Gasteiger partial charge in [-0.05, 0) is 31.0 Å². The molecule has 104 valence electrons. The number of aryl methyl sites for hydroxylation is 1. The zero-order valence-electron chi connectivity index (χ0n) is 10.5. The highest BCUT2D eigenvalue weighted by molar-refractivity contribution is 6.32. The van der Waals surface area contributed by atoms with E-state index in [4.69, 9.17) is 32.7 Å². The summed E-state index contributed by atoms with van der Waals surface area (Å²) in [5.41, 5.74) is 3.22. The van der Waals surface area contributed by atoms with Crippen molar-refractivity contribution in [2.75, 3.05) is 0 Å². The zero-order valence-corrected chi connectivity index (χ0v) is 12.0. The molecule has 20 heavy (non-hydrogen) atoms. The van der Waals surface area contributed by atoms with Crippen LogP contribution in [0.2, 0.25) is 10.4 Å². The maximum Gasteiger partial charge on any atom is 0.224 e. The van der Waals surface area contributed by atoms with E-state index in [1.165, 1.54) is 0 Å². The summed E-state index contributed by atoms with van der Waals surface area (Å²) in [5, 5.41) is 5.02. The minimum absolute atomic E-state index is 0.134. The van der Waals surface area contributed by atoms with Gasteiger partial charge in [-0.25, -0.2) is 9.97 Å². The van der Waals surface area contributed by atoms with Crippen molar-refractivity contribution in [3.63, 3.8) is 0 Å². The van der Waals surface area contributed by atoms with Gasteiger partial charge in [0.05, 0.1) is 11.4 Å². The molecule has 2 aromatic rings. The fourth-order valence-electron chi connectivity index (χ4n) is 2.49. The SMILES string of the molecule is CC1OC(c2cc3n(n2)CCc2c(Cl)nc(Cl)nc2-3)O1. The molecule has 2 aliphatic rings. The number of nitrogens with zero attached hydrogens (tertiary/aromatic N) is 4. The van der Waals surface area contributed by atoms with Gasteiger partial charge in [0.15, 0.2) is 6.29 Å². The highest BCUT2D eigenvalue weighted by Gasteiger charge is 2.33. The van der Waals surface area contributed by atoms with Gasteiger partial charge in [0.1, 0.15) is 10.8 Å². The van der Waals surface area contributed by atoms with E-state index in [1.54, 1.807) is 0 Å². The molecule has 8 heteroatoms. The molecule has 0 radical (unpaired) electrons. The molecule has 0 saturated carbocycles. The number of halogens is 2. The van der Waals surface area contributed by atoms with E-state index in [1.807, 2.05) is 17.7 Å². The van der Waals surface area contributed by atoms with Crippen molar-refractivity contribution in [2.24, 2.45) is 0 Å². The summed E-state index contributed by atoms with van der Waals surface area (Å²) in [6.07, 6.45) is 0.138. The fraction of sp³-hybridized carbons (Fsp3) is 0.417. The van der Waals surface area contributed by atoms with E-state index in [9.17, 15) is 0 Å². The molecule has 2 aromatic heterocycles. The zero-order chi connectivity index (χ0) is 13.9. The van der Waals surface area contributed by atoms with Crippen molar-refractivity contribution in [3.05, 3.63) is 27.8 Å². The minimum Gasteiger partial charge on any atom is -0.318 e. The predicted molar refractivity (Wildman–Crippen MR) is 71.4 cm³/mol. The Morgan fingerprint density at radius 2 is 2.10 bits per heavy atom. The van der Waals surface area contributed by atoms with Crippen LogP contribution in [0.5, 0.6) is 0 Å². The average molecular weight is 313 g/mol. The summed E-state index contributed by atoms with van der Waals surface area (Å²) in [4.78, 5) is 8.25. The fourth-order valence-corrected chi connectivity index (χ4v) is 2.97. The molecule has 0 aromatic carbocycles. The van der Waals surface area contributed by atoms with Crippen LogP contribution in [-0.4, -0.2) is 26.0 Å². The molecule has 1 fully saturated rings. The number of ether oxygens (including phenoxy) is 2. The number of rotatable bonds is 1. The predicted octanol–water partition coefficient (Wildman–Crippen LogP) is 2.59. The van der Waals surface area contributed by atoms with Crippen LogP contribution < -0.4 is 0 Å². The van der Waals surface area contributed by atoms with E-state index in [0.717, 1.165) is 35.6 Å². The first-order valence-electron chi connectivity index (χ1n) is 6.23. The lowest BCUT2D eigenvalue weighted by Gasteiger charge is -2.32. The summed E-state index contributed by atoms with van der Waals surface area (Å²) in [7, 11) is 0. The summed E-state index contributed by atoms with van der Waals surface area (Å²) in [5.74, 6) is 0. The van der Waals surface area contributed by atoms with Gasteiger partial charge in [-0.2, -0.15) is 5.10 Å². The number of hydrogen-bond acceptors (Lipinski definition) is 5. The van der Waals surface area contributed by atoms with Gasteiger partial charge in [0.25, 0.3) is 0 Å². The smallest absolute Gasteiger partial charge is 0.224 e. The van der Waals surface area contributed by atoms with Crippen LogP contribution in [0.3, 0.4) is 0 Å². The lowest BCUT2D eigenvalue weighted by Crippen LogP contribution is -2.31. The van der Waals surface area contributed by atoms with Gasteiger partial charge >= 0.3 is 0 Å². The van der Waals surface area contributed by atoms with E-state index in [-0.39, 0.29) is 11.6 Å². The van der Waals surface area contributed by atoms with Crippen molar-refractivity contribution in [1.82, 2.24) is 19.7 Å². The molecule has 0 amide bonds. The third-order valence-electron chi connectivity index (χ3n) is 3.42. The minimum atomic E-state index is -0.403. The van der Waals surface area contributed by atoms with Gasteiger partial charge in [-0.15, -0.1) is 0 Å². The number of aromatic nitrogens is 4. The first-order chi connectivity index (χ1) is 9.61. The van der Waals surface area contributed by atoms with Crippen LogP contribution in [0.4, 0.5) is 0 Å². The summed E-state index contributed by atoms with van der Waals surface area (Å²) in [6.45, 7) is 2.56. The Balaban J connectivity index is 1.80. The molecule has 0 N–H and O–H groups in total. The van der Waals surface area contributed by atoms with Crippen LogP contribution in [0.25, 0.3) is 11.4 Å². The number of hydrogen-bond donors (Lipinski definition) is 0. The molecular weight excluding hydrogens is 303 g/mol. The largest absolute Gasteiger partial charge is 0.318 e. The summed E-state index contributed by atoms with van der Waals surface area (Å²) >= 11 is 12.0. The van der Waals surface area contributed by atoms with Crippen molar-refractivity contribution in [1.29, 1.82) is 0 Å². The molecule has 1 saturated heterocycles. The number of fused-ring (bicyclic) bond motifs is 3.